The van der Waals surface area contributed by atoms with Crippen LogP contribution in [0.15, 0.2) is 54.6 Å². The summed E-state index contributed by atoms with van der Waals surface area (Å²) in [5.74, 6) is 0. The van der Waals surface area contributed by atoms with E-state index in [1.54, 1.807) is 11.1 Å². The predicted octanol–water partition coefficient (Wildman–Crippen LogP) is 4.20. The molecule has 19 heavy (non-hydrogen) atoms. The summed E-state index contributed by atoms with van der Waals surface area (Å²) in [6.45, 7) is 4.42. The molecule has 0 aromatic heterocycles. The molecule has 0 bridgehead atoms. The highest BCUT2D eigenvalue weighted by Gasteiger charge is 2.26. The number of rotatable bonds is 4. The molecule has 3 rings (SSSR count). The van der Waals surface area contributed by atoms with Crippen LogP contribution in [0.3, 0.4) is 0 Å². The standard InChI is InChI=1S/C18H21N/c1-2-19(14-15-8-4-3-5-9-15)18-13-12-16-10-6-7-11-17(16)18/h3-11,18H,2,12-14H2,1H3. The maximum Gasteiger partial charge on any atom is 0.0357 e. The van der Waals surface area contributed by atoms with Gasteiger partial charge in [0.05, 0.1) is 0 Å². The Morgan fingerprint density at radius 2 is 1.74 bits per heavy atom. The van der Waals surface area contributed by atoms with E-state index in [-0.39, 0.29) is 0 Å². The molecule has 0 saturated carbocycles. The molecule has 0 fully saturated rings. The van der Waals surface area contributed by atoms with Gasteiger partial charge in [0.15, 0.2) is 0 Å². The van der Waals surface area contributed by atoms with Gasteiger partial charge in [0.25, 0.3) is 0 Å². The first-order valence-electron chi connectivity index (χ1n) is 7.24. The van der Waals surface area contributed by atoms with Crippen LogP contribution in [0.2, 0.25) is 0 Å². The fourth-order valence-corrected chi connectivity index (χ4v) is 3.17. The average molecular weight is 251 g/mol. The van der Waals surface area contributed by atoms with Crippen LogP contribution >= 0.6 is 0 Å². The lowest BCUT2D eigenvalue weighted by Crippen LogP contribution is -2.26. The summed E-state index contributed by atoms with van der Waals surface area (Å²) >= 11 is 0. The molecule has 1 heteroatoms. The topological polar surface area (TPSA) is 3.24 Å². The van der Waals surface area contributed by atoms with Gasteiger partial charge in [0.2, 0.25) is 0 Å². The predicted molar refractivity (Wildman–Crippen MR) is 80.0 cm³/mol. The van der Waals surface area contributed by atoms with Crippen molar-refractivity contribution in [2.75, 3.05) is 6.54 Å². The lowest BCUT2D eigenvalue weighted by molar-refractivity contribution is 0.198. The molecule has 0 aliphatic heterocycles. The van der Waals surface area contributed by atoms with Gasteiger partial charge in [-0.2, -0.15) is 0 Å². The van der Waals surface area contributed by atoms with E-state index in [1.807, 2.05) is 0 Å². The van der Waals surface area contributed by atoms with Crippen LogP contribution < -0.4 is 0 Å². The third kappa shape index (κ3) is 2.57. The Balaban J connectivity index is 1.81. The van der Waals surface area contributed by atoms with Crippen molar-refractivity contribution in [1.29, 1.82) is 0 Å². The molecule has 0 radical (unpaired) electrons. The number of hydrogen-bond donors (Lipinski definition) is 0. The number of hydrogen-bond acceptors (Lipinski definition) is 1. The van der Waals surface area contributed by atoms with Gasteiger partial charge in [0.1, 0.15) is 0 Å². The minimum absolute atomic E-state index is 0.599. The molecular formula is C18H21N. The Labute approximate surface area is 115 Å². The third-order valence-corrected chi connectivity index (χ3v) is 4.18. The average Bonchev–Trinajstić information content (AvgIpc) is 2.90. The molecule has 1 aliphatic rings. The van der Waals surface area contributed by atoms with Crippen LogP contribution in [0.5, 0.6) is 0 Å². The van der Waals surface area contributed by atoms with Crippen LogP contribution in [0.1, 0.15) is 36.1 Å². The zero-order valence-corrected chi connectivity index (χ0v) is 11.5. The van der Waals surface area contributed by atoms with Crippen LogP contribution in [-0.2, 0) is 13.0 Å². The largest absolute Gasteiger partial charge is 0.292 e. The zero-order valence-electron chi connectivity index (χ0n) is 11.5. The van der Waals surface area contributed by atoms with Gasteiger partial charge in [-0.25, -0.2) is 0 Å². The normalized spacial score (nSPS) is 17.7. The molecule has 1 atom stereocenters. The Hall–Kier alpha value is -1.60. The molecule has 0 N–H and O–H groups in total. The van der Waals surface area contributed by atoms with E-state index in [9.17, 15) is 0 Å². The lowest BCUT2D eigenvalue weighted by Gasteiger charge is -2.28. The van der Waals surface area contributed by atoms with Gasteiger partial charge in [-0.3, -0.25) is 4.90 Å². The summed E-state index contributed by atoms with van der Waals surface area (Å²) in [7, 11) is 0. The molecule has 2 aromatic carbocycles. The fraction of sp³-hybridized carbons (Fsp3) is 0.333. The van der Waals surface area contributed by atoms with Crippen LogP contribution in [0.25, 0.3) is 0 Å². The summed E-state index contributed by atoms with van der Waals surface area (Å²) in [5.41, 5.74) is 4.49. The summed E-state index contributed by atoms with van der Waals surface area (Å²) in [6, 6.07) is 20.3. The Bertz CT molecular complexity index is 532. The number of nitrogens with zero attached hydrogens (tertiary/aromatic N) is 1. The minimum atomic E-state index is 0.599. The molecular weight excluding hydrogens is 230 g/mol. The molecule has 2 aromatic rings. The van der Waals surface area contributed by atoms with Crippen molar-refractivity contribution in [2.45, 2.75) is 32.4 Å². The number of aryl methyl sites for hydroxylation is 1. The first kappa shape index (κ1) is 12.4. The lowest BCUT2D eigenvalue weighted by atomic mass is 10.1. The second kappa shape index (κ2) is 5.58. The summed E-state index contributed by atoms with van der Waals surface area (Å²) in [6.07, 6.45) is 2.49. The first-order valence-corrected chi connectivity index (χ1v) is 7.24. The Kier molecular flexibility index (Phi) is 3.65. The van der Waals surface area contributed by atoms with E-state index >= 15 is 0 Å². The van der Waals surface area contributed by atoms with E-state index in [0.29, 0.717) is 6.04 Å². The van der Waals surface area contributed by atoms with Crippen molar-refractivity contribution >= 4 is 0 Å². The SMILES string of the molecule is CCN(Cc1ccccc1)C1CCc2ccccc21. The molecule has 98 valence electrons. The molecule has 0 saturated heterocycles. The second-order valence-corrected chi connectivity index (χ2v) is 5.30. The number of fused-ring (bicyclic) bond motifs is 1. The van der Waals surface area contributed by atoms with Crippen molar-refractivity contribution in [3.63, 3.8) is 0 Å². The van der Waals surface area contributed by atoms with E-state index in [1.165, 1.54) is 18.4 Å². The number of benzene rings is 2. The summed E-state index contributed by atoms with van der Waals surface area (Å²) in [4.78, 5) is 2.60. The van der Waals surface area contributed by atoms with E-state index < -0.39 is 0 Å². The highest BCUT2D eigenvalue weighted by Crippen LogP contribution is 2.36. The molecule has 0 amide bonds. The van der Waals surface area contributed by atoms with Crippen LogP contribution in [0.4, 0.5) is 0 Å². The monoisotopic (exact) mass is 251 g/mol. The van der Waals surface area contributed by atoms with E-state index in [2.05, 4.69) is 66.4 Å². The smallest absolute Gasteiger partial charge is 0.0357 e. The van der Waals surface area contributed by atoms with E-state index in [0.717, 1.165) is 13.1 Å². The van der Waals surface area contributed by atoms with Crippen LogP contribution in [-0.4, -0.2) is 11.4 Å². The Morgan fingerprint density at radius 3 is 2.53 bits per heavy atom. The molecule has 1 nitrogen and oxygen atoms in total. The van der Waals surface area contributed by atoms with Gasteiger partial charge in [-0.15, -0.1) is 0 Å². The first-order chi connectivity index (χ1) is 9.38. The van der Waals surface area contributed by atoms with E-state index in [4.69, 9.17) is 0 Å². The molecule has 1 unspecified atom stereocenters. The fourth-order valence-electron chi connectivity index (χ4n) is 3.17. The van der Waals surface area contributed by atoms with Gasteiger partial charge in [0, 0.05) is 12.6 Å². The van der Waals surface area contributed by atoms with Gasteiger partial charge >= 0.3 is 0 Å². The Morgan fingerprint density at radius 1 is 1.00 bits per heavy atom. The maximum absolute atomic E-state index is 2.60. The van der Waals surface area contributed by atoms with Crippen molar-refractivity contribution in [2.24, 2.45) is 0 Å². The van der Waals surface area contributed by atoms with Crippen molar-refractivity contribution in [3.05, 3.63) is 71.3 Å². The minimum Gasteiger partial charge on any atom is -0.292 e. The molecule has 0 heterocycles. The van der Waals surface area contributed by atoms with Crippen molar-refractivity contribution in [3.8, 4) is 0 Å². The third-order valence-electron chi connectivity index (χ3n) is 4.18. The highest BCUT2D eigenvalue weighted by molar-refractivity contribution is 5.34. The van der Waals surface area contributed by atoms with Gasteiger partial charge in [-0.05, 0) is 36.1 Å². The summed E-state index contributed by atoms with van der Waals surface area (Å²) < 4.78 is 0. The van der Waals surface area contributed by atoms with Crippen molar-refractivity contribution < 1.29 is 0 Å². The highest BCUT2D eigenvalue weighted by atomic mass is 15.1. The second-order valence-electron chi connectivity index (χ2n) is 5.30. The zero-order chi connectivity index (χ0) is 13.1. The maximum atomic E-state index is 2.60. The quantitative estimate of drug-likeness (QED) is 0.787. The molecule has 0 spiro atoms. The van der Waals surface area contributed by atoms with Crippen LogP contribution in [0, 0.1) is 0 Å². The van der Waals surface area contributed by atoms with Gasteiger partial charge < -0.3 is 0 Å². The van der Waals surface area contributed by atoms with Gasteiger partial charge in [-0.1, -0.05) is 61.5 Å². The van der Waals surface area contributed by atoms with Crippen molar-refractivity contribution in [1.82, 2.24) is 4.90 Å². The molecule has 1 aliphatic carbocycles. The summed E-state index contributed by atoms with van der Waals surface area (Å²) in [5, 5.41) is 0.